The summed E-state index contributed by atoms with van der Waals surface area (Å²) in [4.78, 5) is 28.6. The molecule has 0 aliphatic heterocycles. The molecule has 0 fully saturated rings. The van der Waals surface area contributed by atoms with Crippen LogP contribution in [0.25, 0.3) is 0 Å². The van der Waals surface area contributed by atoms with E-state index in [9.17, 15) is 9.59 Å². The Bertz CT molecular complexity index is 665. The number of halogens is 1. The summed E-state index contributed by atoms with van der Waals surface area (Å²) in [5, 5.41) is 0.323. The van der Waals surface area contributed by atoms with Gasteiger partial charge in [0.2, 0.25) is 0 Å². The molecule has 5 nitrogen and oxygen atoms in total. The maximum absolute atomic E-state index is 12.0. The molecule has 1 heterocycles. The highest BCUT2D eigenvalue weighted by molar-refractivity contribution is 7.98. The van der Waals surface area contributed by atoms with Crippen LogP contribution in [0.15, 0.2) is 47.6 Å². The highest BCUT2D eigenvalue weighted by atomic mass is 35.5. The van der Waals surface area contributed by atoms with Crippen molar-refractivity contribution in [2.45, 2.75) is 4.90 Å². The van der Waals surface area contributed by atoms with Crippen molar-refractivity contribution in [2.24, 2.45) is 0 Å². The van der Waals surface area contributed by atoms with Crippen molar-refractivity contribution in [3.63, 3.8) is 0 Å². The molecule has 0 aliphatic carbocycles. The lowest BCUT2D eigenvalue weighted by atomic mass is 10.2. The van der Waals surface area contributed by atoms with Crippen molar-refractivity contribution < 1.29 is 9.59 Å². The Balaban J connectivity index is 2.04. The predicted octanol–water partition coefficient (Wildman–Crippen LogP) is 2.53. The minimum atomic E-state index is -0.474. The van der Waals surface area contributed by atoms with Crippen molar-refractivity contribution in [1.82, 2.24) is 15.8 Å². The fraction of sp³-hybridized carbons (Fsp3) is 0.0714. The minimum Gasteiger partial charge on any atom is -0.267 e. The molecule has 108 valence electrons. The Morgan fingerprint density at radius 3 is 2.43 bits per heavy atom. The SMILES string of the molecule is CSc1ccc(Cl)c(C(=O)NNC(=O)c2ccncc2)c1. The first-order valence-corrected chi connectivity index (χ1v) is 7.56. The summed E-state index contributed by atoms with van der Waals surface area (Å²) in [6, 6.07) is 8.22. The zero-order chi connectivity index (χ0) is 15.2. The van der Waals surface area contributed by atoms with Crippen LogP contribution in [0.3, 0.4) is 0 Å². The number of thioether (sulfide) groups is 1. The molecule has 2 rings (SSSR count). The molecule has 1 aromatic heterocycles. The molecule has 1 aromatic carbocycles. The topological polar surface area (TPSA) is 71.1 Å². The fourth-order valence-corrected chi connectivity index (χ4v) is 2.20. The van der Waals surface area contributed by atoms with Crippen LogP contribution in [-0.2, 0) is 0 Å². The molecule has 0 saturated heterocycles. The molecule has 0 spiro atoms. The van der Waals surface area contributed by atoms with E-state index >= 15 is 0 Å². The Labute approximate surface area is 131 Å². The van der Waals surface area contributed by atoms with Gasteiger partial charge in [0.15, 0.2) is 0 Å². The molecule has 2 aromatic rings. The van der Waals surface area contributed by atoms with E-state index in [1.165, 1.54) is 24.2 Å². The van der Waals surface area contributed by atoms with Crippen LogP contribution in [0.1, 0.15) is 20.7 Å². The maximum Gasteiger partial charge on any atom is 0.271 e. The monoisotopic (exact) mass is 321 g/mol. The molecule has 7 heteroatoms. The van der Waals surface area contributed by atoms with Crippen LogP contribution in [0.4, 0.5) is 0 Å². The second-order valence-electron chi connectivity index (χ2n) is 3.99. The van der Waals surface area contributed by atoms with Crippen molar-refractivity contribution in [3.05, 3.63) is 58.9 Å². The molecule has 0 saturated carbocycles. The van der Waals surface area contributed by atoms with Crippen LogP contribution in [0.5, 0.6) is 0 Å². The first kappa shape index (κ1) is 15.3. The van der Waals surface area contributed by atoms with Crippen LogP contribution >= 0.6 is 23.4 Å². The van der Waals surface area contributed by atoms with Crippen molar-refractivity contribution in [1.29, 1.82) is 0 Å². The van der Waals surface area contributed by atoms with Gasteiger partial charge in [-0.05, 0) is 36.6 Å². The Morgan fingerprint density at radius 1 is 1.10 bits per heavy atom. The molecule has 0 aliphatic rings. The number of rotatable bonds is 3. The number of carbonyl (C=O) groups excluding carboxylic acids is 2. The smallest absolute Gasteiger partial charge is 0.267 e. The lowest BCUT2D eigenvalue weighted by Gasteiger charge is -2.09. The second-order valence-corrected chi connectivity index (χ2v) is 5.28. The second kappa shape index (κ2) is 7.10. The van der Waals surface area contributed by atoms with E-state index in [1.807, 2.05) is 12.3 Å². The minimum absolute atomic E-state index is 0.304. The summed E-state index contributed by atoms with van der Waals surface area (Å²) in [6.45, 7) is 0. The van der Waals surface area contributed by atoms with E-state index in [1.54, 1.807) is 24.3 Å². The summed E-state index contributed by atoms with van der Waals surface area (Å²) >= 11 is 7.49. The normalized spacial score (nSPS) is 10.0. The summed E-state index contributed by atoms with van der Waals surface area (Å²) < 4.78 is 0. The first-order valence-electron chi connectivity index (χ1n) is 5.96. The van der Waals surface area contributed by atoms with Crippen molar-refractivity contribution in [3.8, 4) is 0 Å². The van der Waals surface area contributed by atoms with Crippen molar-refractivity contribution >= 4 is 35.2 Å². The van der Waals surface area contributed by atoms with Gasteiger partial charge in [0.25, 0.3) is 11.8 Å². The number of aromatic nitrogens is 1. The van der Waals surface area contributed by atoms with Gasteiger partial charge in [0.1, 0.15) is 0 Å². The van der Waals surface area contributed by atoms with E-state index < -0.39 is 11.8 Å². The summed E-state index contributed by atoms with van der Waals surface area (Å²) in [7, 11) is 0. The molecular formula is C14H12ClN3O2S. The maximum atomic E-state index is 12.0. The van der Waals surface area contributed by atoms with Gasteiger partial charge in [0.05, 0.1) is 10.6 Å². The highest BCUT2D eigenvalue weighted by Crippen LogP contribution is 2.22. The Morgan fingerprint density at radius 2 is 1.76 bits per heavy atom. The molecule has 0 radical (unpaired) electrons. The van der Waals surface area contributed by atoms with Gasteiger partial charge in [-0.25, -0.2) is 0 Å². The quantitative estimate of drug-likeness (QED) is 0.673. The number of nitrogens with one attached hydrogen (secondary N) is 2. The van der Waals surface area contributed by atoms with Crippen LogP contribution in [-0.4, -0.2) is 23.1 Å². The van der Waals surface area contributed by atoms with Gasteiger partial charge in [-0.3, -0.25) is 25.4 Å². The Hall–Kier alpha value is -2.05. The number of hydrogen-bond acceptors (Lipinski definition) is 4. The van der Waals surface area contributed by atoms with Gasteiger partial charge in [0, 0.05) is 22.9 Å². The summed E-state index contributed by atoms with van der Waals surface area (Å²) in [5.74, 6) is -0.902. The number of hydrogen-bond donors (Lipinski definition) is 2. The van der Waals surface area contributed by atoms with E-state index in [2.05, 4.69) is 15.8 Å². The third-order valence-electron chi connectivity index (χ3n) is 2.65. The third kappa shape index (κ3) is 3.96. The van der Waals surface area contributed by atoms with Crippen molar-refractivity contribution in [2.75, 3.05) is 6.26 Å². The third-order valence-corrected chi connectivity index (χ3v) is 3.71. The zero-order valence-electron chi connectivity index (χ0n) is 11.1. The van der Waals surface area contributed by atoms with E-state index in [-0.39, 0.29) is 0 Å². The molecule has 2 amide bonds. The molecular weight excluding hydrogens is 310 g/mol. The Kier molecular flexibility index (Phi) is 5.19. The van der Waals surface area contributed by atoms with E-state index in [4.69, 9.17) is 11.6 Å². The lowest BCUT2D eigenvalue weighted by molar-refractivity contribution is 0.0846. The molecule has 0 unspecified atom stereocenters. The van der Waals surface area contributed by atoms with Gasteiger partial charge >= 0.3 is 0 Å². The molecule has 21 heavy (non-hydrogen) atoms. The van der Waals surface area contributed by atoms with Crippen LogP contribution < -0.4 is 10.9 Å². The first-order chi connectivity index (χ1) is 10.1. The highest BCUT2D eigenvalue weighted by Gasteiger charge is 2.12. The number of benzene rings is 1. The largest absolute Gasteiger partial charge is 0.271 e. The standard InChI is InChI=1S/C14H12ClN3O2S/c1-21-10-2-3-12(15)11(8-10)14(20)18-17-13(19)9-4-6-16-7-5-9/h2-8H,1H3,(H,17,19)(H,18,20). The zero-order valence-corrected chi connectivity index (χ0v) is 12.7. The number of pyridine rings is 1. The molecule has 0 bridgehead atoms. The number of nitrogens with zero attached hydrogens (tertiary/aromatic N) is 1. The van der Waals surface area contributed by atoms with Gasteiger partial charge in [-0.2, -0.15) is 0 Å². The predicted molar refractivity (Wildman–Crippen MR) is 82.4 cm³/mol. The van der Waals surface area contributed by atoms with Gasteiger partial charge < -0.3 is 0 Å². The van der Waals surface area contributed by atoms with E-state index in [0.29, 0.717) is 16.1 Å². The lowest BCUT2D eigenvalue weighted by Crippen LogP contribution is -2.41. The number of hydrazine groups is 1. The number of amides is 2. The van der Waals surface area contributed by atoms with Gasteiger partial charge in [-0.1, -0.05) is 11.6 Å². The summed E-state index contributed by atoms with van der Waals surface area (Å²) in [5.41, 5.74) is 5.37. The summed E-state index contributed by atoms with van der Waals surface area (Å²) in [6.07, 6.45) is 4.89. The number of carbonyl (C=O) groups is 2. The average Bonchev–Trinajstić information content (AvgIpc) is 2.53. The fourth-order valence-electron chi connectivity index (χ4n) is 1.56. The van der Waals surface area contributed by atoms with Crippen LogP contribution in [0, 0.1) is 0 Å². The van der Waals surface area contributed by atoms with E-state index in [0.717, 1.165) is 4.90 Å². The van der Waals surface area contributed by atoms with Gasteiger partial charge in [-0.15, -0.1) is 11.8 Å². The average molecular weight is 322 g/mol. The van der Waals surface area contributed by atoms with Crippen LogP contribution in [0.2, 0.25) is 5.02 Å². The molecule has 2 N–H and O–H groups in total. The molecule has 0 atom stereocenters.